The first kappa shape index (κ1) is 14.5. The largest absolute Gasteiger partial charge is 0.363 e. The van der Waals surface area contributed by atoms with Gasteiger partial charge in [-0.25, -0.2) is 4.98 Å². The number of aromatic nitrogens is 3. The van der Waals surface area contributed by atoms with Crippen molar-refractivity contribution in [2.24, 2.45) is 0 Å². The lowest BCUT2D eigenvalue weighted by Gasteiger charge is -2.10. The second-order valence-electron chi connectivity index (χ2n) is 4.44. The van der Waals surface area contributed by atoms with Gasteiger partial charge in [0.2, 0.25) is 5.95 Å². The van der Waals surface area contributed by atoms with Gasteiger partial charge in [0, 0.05) is 12.7 Å². The van der Waals surface area contributed by atoms with Gasteiger partial charge in [0.25, 0.3) is 0 Å². The van der Waals surface area contributed by atoms with E-state index in [1.165, 1.54) is 0 Å². The SMILES string of the molecule is CCCNc1ncc(Cl)c(NCc2ncccc2C)n1. The van der Waals surface area contributed by atoms with Gasteiger partial charge < -0.3 is 10.6 Å². The minimum Gasteiger partial charge on any atom is -0.363 e. The van der Waals surface area contributed by atoms with Gasteiger partial charge in [0.1, 0.15) is 5.02 Å². The van der Waals surface area contributed by atoms with Crippen LogP contribution in [-0.4, -0.2) is 21.5 Å². The molecule has 106 valence electrons. The van der Waals surface area contributed by atoms with Crippen molar-refractivity contribution in [3.63, 3.8) is 0 Å². The van der Waals surface area contributed by atoms with E-state index in [9.17, 15) is 0 Å². The van der Waals surface area contributed by atoms with Gasteiger partial charge in [-0.05, 0) is 25.0 Å². The van der Waals surface area contributed by atoms with Crippen LogP contribution in [-0.2, 0) is 6.54 Å². The molecule has 0 spiro atoms. The predicted octanol–water partition coefficient (Wildman–Crippen LogP) is 3.27. The number of hydrogen-bond acceptors (Lipinski definition) is 5. The van der Waals surface area contributed by atoms with Crippen LogP contribution in [0, 0.1) is 6.92 Å². The first-order valence-corrected chi connectivity index (χ1v) is 6.99. The molecule has 2 aromatic heterocycles. The van der Waals surface area contributed by atoms with Gasteiger partial charge in [0.05, 0.1) is 18.4 Å². The molecule has 0 aliphatic rings. The van der Waals surface area contributed by atoms with Crippen LogP contribution in [0.3, 0.4) is 0 Å². The fourth-order valence-corrected chi connectivity index (χ4v) is 1.84. The van der Waals surface area contributed by atoms with Crippen molar-refractivity contribution in [2.75, 3.05) is 17.2 Å². The number of aryl methyl sites for hydroxylation is 1. The molecule has 6 heteroatoms. The fourth-order valence-electron chi connectivity index (χ4n) is 1.68. The maximum atomic E-state index is 6.10. The molecular weight excluding hydrogens is 274 g/mol. The maximum Gasteiger partial charge on any atom is 0.224 e. The quantitative estimate of drug-likeness (QED) is 0.855. The number of anilines is 2. The lowest BCUT2D eigenvalue weighted by Crippen LogP contribution is -2.09. The Labute approximate surface area is 123 Å². The summed E-state index contributed by atoms with van der Waals surface area (Å²) in [6, 6.07) is 3.95. The molecule has 20 heavy (non-hydrogen) atoms. The molecule has 0 bridgehead atoms. The Morgan fingerprint density at radius 3 is 2.85 bits per heavy atom. The molecule has 2 heterocycles. The van der Waals surface area contributed by atoms with E-state index in [2.05, 4.69) is 32.5 Å². The molecule has 0 saturated carbocycles. The molecule has 0 unspecified atom stereocenters. The molecule has 0 aliphatic carbocycles. The van der Waals surface area contributed by atoms with Crippen LogP contribution in [0.25, 0.3) is 0 Å². The van der Waals surface area contributed by atoms with Crippen molar-refractivity contribution in [2.45, 2.75) is 26.8 Å². The number of nitrogens with one attached hydrogen (secondary N) is 2. The van der Waals surface area contributed by atoms with E-state index in [0.29, 0.717) is 23.3 Å². The fraction of sp³-hybridized carbons (Fsp3) is 0.357. The number of hydrogen-bond donors (Lipinski definition) is 2. The average molecular weight is 292 g/mol. The van der Waals surface area contributed by atoms with Crippen LogP contribution in [0.5, 0.6) is 0 Å². The molecule has 5 nitrogen and oxygen atoms in total. The van der Waals surface area contributed by atoms with Crippen LogP contribution in [0.2, 0.25) is 5.02 Å². The Morgan fingerprint density at radius 1 is 1.25 bits per heavy atom. The van der Waals surface area contributed by atoms with E-state index < -0.39 is 0 Å². The van der Waals surface area contributed by atoms with Crippen LogP contribution in [0.15, 0.2) is 24.5 Å². The highest BCUT2D eigenvalue weighted by molar-refractivity contribution is 6.32. The molecule has 0 aliphatic heterocycles. The molecule has 0 saturated heterocycles. The summed E-state index contributed by atoms with van der Waals surface area (Å²) in [6.07, 6.45) is 4.39. The van der Waals surface area contributed by atoms with E-state index >= 15 is 0 Å². The summed E-state index contributed by atoms with van der Waals surface area (Å²) < 4.78 is 0. The van der Waals surface area contributed by atoms with Gasteiger partial charge in [-0.2, -0.15) is 4.98 Å². The Morgan fingerprint density at radius 2 is 2.10 bits per heavy atom. The molecular formula is C14H18ClN5. The van der Waals surface area contributed by atoms with E-state index in [0.717, 1.165) is 24.2 Å². The summed E-state index contributed by atoms with van der Waals surface area (Å²) in [5.41, 5.74) is 2.11. The van der Waals surface area contributed by atoms with Gasteiger partial charge in [-0.1, -0.05) is 24.6 Å². The van der Waals surface area contributed by atoms with Crippen LogP contribution < -0.4 is 10.6 Å². The Bertz CT molecular complexity index is 573. The van der Waals surface area contributed by atoms with Crippen molar-refractivity contribution in [3.05, 3.63) is 40.8 Å². The monoisotopic (exact) mass is 291 g/mol. The molecule has 2 N–H and O–H groups in total. The topological polar surface area (TPSA) is 62.7 Å². The zero-order chi connectivity index (χ0) is 14.4. The summed E-state index contributed by atoms with van der Waals surface area (Å²) in [4.78, 5) is 12.8. The minimum absolute atomic E-state index is 0.501. The molecule has 2 rings (SSSR count). The summed E-state index contributed by atoms with van der Waals surface area (Å²) in [7, 11) is 0. The van der Waals surface area contributed by atoms with Gasteiger partial charge in [-0.3, -0.25) is 4.98 Å². The first-order valence-electron chi connectivity index (χ1n) is 6.61. The third kappa shape index (κ3) is 3.81. The molecule has 0 aromatic carbocycles. The smallest absolute Gasteiger partial charge is 0.224 e. The van der Waals surface area contributed by atoms with Gasteiger partial charge in [0.15, 0.2) is 5.82 Å². The Hall–Kier alpha value is -1.88. The molecule has 2 aromatic rings. The average Bonchev–Trinajstić information content (AvgIpc) is 2.46. The molecule has 0 amide bonds. The number of rotatable bonds is 6. The summed E-state index contributed by atoms with van der Waals surface area (Å²) >= 11 is 6.10. The van der Waals surface area contributed by atoms with Gasteiger partial charge >= 0.3 is 0 Å². The number of nitrogens with zero attached hydrogens (tertiary/aromatic N) is 3. The molecule has 0 radical (unpaired) electrons. The molecule has 0 fully saturated rings. The van der Waals surface area contributed by atoms with E-state index in [-0.39, 0.29) is 0 Å². The highest BCUT2D eigenvalue weighted by atomic mass is 35.5. The maximum absolute atomic E-state index is 6.10. The van der Waals surface area contributed by atoms with Gasteiger partial charge in [-0.15, -0.1) is 0 Å². The minimum atomic E-state index is 0.501. The number of halogens is 1. The van der Waals surface area contributed by atoms with Crippen molar-refractivity contribution >= 4 is 23.4 Å². The second-order valence-corrected chi connectivity index (χ2v) is 4.84. The number of pyridine rings is 1. The second kappa shape index (κ2) is 7.05. The normalized spacial score (nSPS) is 10.3. The van der Waals surface area contributed by atoms with Crippen molar-refractivity contribution in [3.8, 4) is 0 Å². The van der Waals surface area contributed by atoms with Crippen molar-refractivity contribution in [1.82, 2.24) is 15.0 Å². The zero-order valence-electron chi connectivity index (χ0n) is 11.7. The lowest BCUT2D eigenvalue weighted by molar-refractivity contribution is 0.946. The Balaban J connectivity index is 2.07. The summed E-state index contributed by atoms with van der Waals surface area (Å²) in [5, 5.41) is 6.84. The third-order valence-electron chi connectivity index (χ3n) is 2.82. The zero-order valence-corrected chi connectivity index (χ0v) is 12.4. The summed E-state index contributed by atoms with van der Waals surface area (Å²) in [6.45, 7) is 5.53. The van der Waals surface area contributed by atoms with Crippen molar-refractivity contribution < 1.29 is 0 Å². The summed E-state index contributed by atoms with van der Waals surface area (Å²) in [5.74, 6) is 1.20. The molecule has 0 atom stereocenters. The van der Waals surface area contributed by atoms with E-state index in [1.54, 1.807) is 12.4 Å². The van der Waals surface area contributed by atoms with Crippen molar-refractivity contribution in [1.29, 1.82) is 0 Å². The lowest BCUT2D eigenvalue weighted by atomic mass is 10.2. The highest BCUT2D eigenvalue weighted by Crippen LogP contribution is 2.20. The third-order valence-corrected chi connectivity index (χ3v) is 3.09. The van der Waals surface area contributed by atoms with E-state index in [1.807, 2.05) is 19.1 Å². The standard InChI is InChI=1S/C14H18ClN5/c1-3-6-17-14-19-8-11(15)13(20-14)18-9-12-10(2)5-4-7-16-12/h4-5,7-8H,3,6,9H2,1-2H3,(H2,17,18,19,20). The van der Waals surface area contributed by atoms with Crippen LogP contribution in [0.1, 0.15) is 24.6 Å². The van der Waals surface area contributed by atoms with E-state index in [4.69, 9.17) is 11.6 Å². The predicted molar refractivity (Wildman–Crippen MR) is 82.1 cm³/mol. The highest BCUT2D eigenvalue weighted by Gasteiger charge is 2.06. The van der Waals surface area contributed by atoms with Crippen LogP contribution >= 0.6 is 11.6 Å². The first-order chi connectivity index (χ1) is 9.70. The van der Waals surface area contributed by atoms with Crippen LogP contribution in [0.4, 0.5) is 11.8 Å². The Kier molecular flexibility index (Phi) is 5.12.